The molecule has 0 saturated carbocycles. The summed E-state index contributed by atoms with van der Waals surface area (Å²) in [6, 6.07) is 1.64. The summed E-state index contributed by atoms with van der Waals surface area (Å²) < 4.78 is 15.0. The molecule has 17 heavy (non-hydrogen) atoms. The van der Waals surface area contributed by atoms with Gasteiger partial charge in [0.2, 0.25) is 5.88 Å². The largest absolute Gasteiger partial charge is 0.496 e. The molecule has 0 aromatic carbocycles. The molecule has 94 valence electrons. The first kappa shape index (κ1) is 13.2. The van der Waals surface area contributed by atoms with Crippen LogP contribution in [0.25, 0.3) is 0 Å². The SMILES string of the molecule is COC(=O)C(CN)c1c(OC)ccnc1OC. The lowest BCUT2D eigenvalue weighted by atomic mass is 9.99. The molecule has 1 aromatic heterocycles. The van der Waals surface area contributed by atoms with Gasteiger partial charge in [0.05, 0.1) is 26.9 Å². The molecule has 0 radical (unpaired) electrons. The van der Waals surface area contributed by atoms with Gasteiger partial charge in [0.15, 0.2) is 0 Å². The number of aromatic nitrogens is 1. The van der Waals surface area contributed by atoms with Crippen LogP contribution in [-0.4, -0.2) is 38.8 Å². The third kappa shape index (κ3) is 2.65. The number of carbonyl (C=O) groups excluding carboxylic acids is 1. The lowest BCUT2D eigenvalue weighted by molar-refractivity contribution is -0.142. The number of nitrogens with zero attached hydrogens (tertiary/aromatic N) is 1. The Morgan fingerprint density at radius 1 is 1.41 bits per heavy atom. The second-order valence-corrected chi connectivity index (χ2v) is 3.25. The van der Waals surface area contributed by atoms with Crippen molar-refractivity contribution in [2.75, 3.05) is 27.9 Å². The molecule has 1 heterocycles. The molecule has 0 bridgehead atoms. The zero-order valence-electron chi connectivity index (χ0n) is 10.1. The third-order valence-corrected chi connectivity index (χ3v) is 2.40. The molecule has 1 unspecified atom stereocenters. The molecule has 1 aromatic rings. The fraction of sp³-hybridized carbons (Fsp3) is 0.455. The van der Waals surface area contributed by atoms with E-state index in [0.29, 0.717) is 17.2 Å². The van der Waals surface area contributed by atoms with Gasteiger partial charge in [0, 0.05) is 12.7 Å². The number of methoxy groups -OCH3 is 3. The predicted octanol–water partition coefficient (Wildman–Crippen LogP) is 0.314. The minimum absolute atomic E-state index is 0.0884. The Morgan fingerprint density at radius 2 is 2.12 bits per heavy atom. The Labute approximate surface area is 99.7 Å². The number of hydrogen-bond acceptors (Lipinski definition) is 6. The van der Waals surface area contributed by atoms with Crippen molar-refractivity contribution in [1.82, 2.24) is 4.98 Å². The van der Waals surface area contributed by atoms with Crippen molar-refractivity contribution >= 4 is 5.97 Å². The normalized spacial score (nSPS) is 11.8. The number of nitrogens with two attached hydrogens (primary N) is 1. The lowest BCUT2D eigenvalue weighted by Crippen LogP contribution is -2.24. The first-order valence-electron chi connectivity index (χ1n) is 5.04. The van der Waals surface area contributed by atoms with Gasteiger partial charge in [0.25, 0.3) is 0 Å². The number of esters is 1. The van der Waals surface area contributed by atoms with E-state index in [4.69, 9.17) is 19.9 Å². The maximum atomic E-state index is 11.6. The number of pyridine rings is 1. The van der Waals surface area contributed by atoms with E-state index in [0.717, 1.165) is 0 Å². The van der Waals surface area contributed by atoms with Crippen LogP contribution in [0.4, 0.5) is 0 Å². The van der Waals surface area contributed by atoms with Crippen LogP contribution >= 0.6 is 0 Å². The number of ether oxygens (including phenoxy) is 3. The highest BCUT2D eigenvalue weighted by molar-refractivity contribution is 5.80. The first-order valence-corrected chi connectivity index (χ1v) is 5.04. The second-order valence-electron chi connectivity index (χ2n) is 3.25. The van der Waals surface area contributed by atoms with E-state index in [1.165, 1.54) is 27.5 Å². The van der Waals surface area contributed by atoms with Crippen LogP contribution in [-0.2, 0) is 9.53 Å². The molecule has 2 N–H and O–H groups in total. The zero-order valence-corrected chi connectivity index (χ0v) is 10.1. The Bertz CT molecular complexity index is 373. The van der Waals surface area contributed by atoms with Crippen molar-refractivity contribution < 1.29 is 19.0 Å². The maximum Gasteiger partial charge on any atom is 0.314 e. The minimum Gasteiger partial charge on any atom is -0.496 e. The van der Waals surface area contributed by atoms with Gasteiger partial charge < -0.3 is 19.9 Å². The van der Waals surface area contributed by atoms with Crippen LogP contribution in [0.3, 0.4) is 0 Å². The Hall–Kier alpha value is -1.82. The van der Waals surface area contributed by atoms with E-state index in [-0.39, 0.29) is 6.54 Å². The molecular formula is C11H16N2O4. The van der Waals surface area contributed by atoms with Crippen molar-refractivity contribution in [1.29, 1.82) is 0 Å². The average Bonchev–Trinajstić information content (AvgIpc) is 2.39. The highest BCUT2D eigenvalue weighted by atomic mass is 16.5. The Morgan fingerprint density at radius 3 is 2.59 bits per heavy atom. The van der Waals surface area contributed by atoms with Crippen LogP contribution in [0.15, 0.2) is 12.3 Å². The smallest absolute Gasteiger partial charge is 0.314 e. The summed E-state index contributed by atoms with van der Waals surface area (Å²) in [5, 5.41) is 0. The quantitative estimate of drug-likeness (QED) is 0.746. The molecule has 1 atom stereocenters. The van der Waals surface area contributed by atoms with Crippen molar-refractivity contribution in [2.24, 2.45) is 5.73 Å². The molecule has 0 aliphatic carbocycles. The van der Waals surface area contributed by atoms with Crippen molar-refractivity contribution in [3.05, 3.63) is 17.8 Å². The highest BCUT2D eigenvalue weighted by Gasteiger charge is 2.27. The number of hydrogen-bond donors (Lipinski definition) is 1. The topological polar surface area (TPSA) is 83.7 Å². The summed E-state index contributed by atoms with van der Waals surface area (Å²) in [4.78, 5) is 15.7. The predicted molar refractivity (Wildman–Crippen MR) is 61.2 cm³/mol. The molecule has 0 aliphatic rings. The van der Waals surface area contributed by atoms with E-state index in [2.05, 4.69) is 4.98 Å². The fourth-order valence-electron chi connectivity index (χ4n) is 1.57. The summed E-state index contributed by atoms with van der Waals surface area (Å²) >= 11 is 0. The summed E-state index contributed by atoms with van der Waals surface area (Å²) in [6.07, 6.45) is 1.53. The van der Waals surface area contributed by atoms with E-state index in [1.807, 2.05) is 0 Å². The maximum absolute atomic E-state index is 11.6. The van der Waals surface area contributed by atoms with Gasteiger partial charge in [-0.05, 0) is 6.07 Å². The van der Waals surface area contributed by atoms with E-state index in [1.54, 1.807) is 6.07 Å². The van der Waals surface area contributed by atoms with Crippen molar-refractivity contribution in [3.8, 4) is 11.6 Å². The molecular weight excluding hydrogens is 224 g/mol. The standard InChI is InChI=1S/C11H16N2O4/c1-15-8-4-5-13-10(16-2)9(8)7(6-12)11(14)17-3/h4-5,7H,6,12H2,1-3H3. The Kier molecular flexibility index (Phi) is 4.71. The van der Waals surface area contributed by atoms with Crippen molar-refractivity contribution in [2.45, 2.75) is 5.92 Å². The summed E-state index contributed by atoms with van der Waals surface area (Å²) in [5.74, 6) is -0.293. The molecule has 6 nitrogen and oxygen atoms in total. The van der Waals surface area contributed by atoms with Crippen LogP contribution in [0.2, 0.25) is 0 Å². The lowest BCUT2D eigenvalue weighted by Gasteiger charge is -2.17. The van der Waals surface area contributed by atoms with Gasteiger partial charge in [-0.2, -0.15) is 0 Å². The minimum atomic E-state index is -0.654. The van der Waals surface area contributed by atoms with Crippen LogP contribution in [0, 0.1) is 0 Å². The Balaban J connectivity index is 3.29. The second kappa shape index (κ2) is 6.05. The highest BCUT2D eigenvalue weighted by Crippen LogP contribution is 2.33. The molecule has 1 rings (SSSR count). The summed E-state index contributed by atoms with van der Waals surface area (Å²) in [5.41, 5.74) is 6.10. The fourth-order valence-corrected chi connectivity index (χ4v) is 1.57. The zero-order chi connectivity index (χ0) is 12.8. The molecule has 0 aliphatic heterocycles. The number of carbonyl (C=O) groups is 1. The molecule has 0 amide bonds. The van der Waals surface area contributed by atoms with E-state index in [9.17, 15) is 4.79 Å². The van der Waals surface area contributed by atoms with Crippen LogP contribution < -0.4 is 15.2 Å². The number of rotatable bonds is 5. The van der Waals surface area contributed by atoms with E-state index < -0.39 is 11.9 Å². The molecule has 0 fully saturated rings. The average molecular weight is 240 g/mol. The van der Waals surface area contributed by atoms with Crippen molar-refractivity contribution in [3.63, 3.8) is 0 Å². The third-order valence-electron chi connectivity index (χ3n) is 2.40. The first-order chi connectivity index (χ1) is 8.19. The van der Waals surface area contributed by atoms with Gasteiger partial charge in [0.1, 0.15) is 11.7 Å². The summed E-state index contributed by atoms with van der Waals surface area (Å²) in [7, 11) is 4.28. The molecule has 0 saturated heterocycles. The van der Waals surface area contributed by atoms with Gasteiger partial charge >= 0.3 is 5.97 Å². The monoisotopic (exact) mass is 240 g/mol. The van der Waals surface area contributed by atoms with Gasteiger partial charge in [-0.3, -0.25) is 4.79 Å². The summed E-state index contributed by atoms with van der Waals surface area (Å²) in [6.45, 7) is 0.0884. The van der Waals surface area contributed by atoms with Gasteiger partial charge in [-0.15, -0.1) is 0 Å². The molecule has 0 spiro atoms. The van der Waals surface area contributed by atoms with E-state index >= 15 is 0 Å². The van der Waals surface area contributed by atoms with Crippen LogP contribution in [0.1, 0.15) is 11.5 Å². The van der Waals surface area contributed by atoms with Gasteiger partial charge in [-0.25, -0.2) is 4.98 Å². The molecule has 6 heteroatoms. The van der Waals surface area contributed by atoms with Crippen LogP contribution in [0.5, 0.6) is 11.6 Å². The van der Waals surface area contributed by atoms with Gasteiger partial charge in [-0.1, -0.05) is 0 Å².